The van der Waals surface area contributed by atoms with Gasteiger partial charge in [-0.1, -0.05) is 11.6 Å². The maximum Gasteiger partial charge on any atom is 0.261 e. The molecule has 0 aliphatic heterocycles. The number of anilines is 1. The molecule has 4 nitrogen and oxygen atoms in total. The Bertz CT molecular complexity index is 1030. The first-order chi connectivity index (χ1) is 11.4. The quantitative estimate of drug-likeness (QED) is 0.688. The number of hydrogen-bond acceptors (Lipinski definition) is 2. The molecule has 1 heterocycles. The van der Waals surface area contributed by atoms with Gasteiger partial charge in [0.2, 0.25) is 5.56 Å². The number of carbonyl (C=O) groups excluding carboxylic acids is 1. The monoisotopic (exact) mass is 352 g/mol. The fourth-order valence-corrected chi connectivity index (χ4v) is 2.42. The fraction of sp³-hybridized carbons (Fsp3) is 0. The van der Waals surface area contributed by atoms with Gasteiger partial charge in [-0.2, -0.15) is 0 Å². The Balaban J connectivity index is 2.04. The number of H-pyrrole nitrogens is 1. The van der Waals surface area contributed by atoms with Crippen LogP contribution in [0.15, 0.2) is 41.3 Å². The Hall–Kier alpha value is -2.80. The Kier molecular flexibility index (Phi) is 4.02. The number of aromatic amines is 1. The molecule has 0 aliphatic carbocycles. The molecule has 8 heteroatoms. The van der Waals surface area contributed by atoms with E-state index in [2.05, 4.69) is 10.3 Å². The normalized spacial score (nSPS) is 10.8. The van der Waals surface area contributed by atoms with Gasteiger partial charge in [0.15, 0.2) is 11.6 Å². The van der Waals surface area contributed by atoms with Crippen molar-refractivity contribution in [1.82, 2.24) is 4.98 Å². The van der Waals surface area contributed by atoms with Crippen LogP contribution in [0.5, 0.6) is 0 Å². The second-order valence-electron chi connectivity index (χ2n) is 4.93. The first-order valence-corrected chi connectivity index (χ1v) is 7.01. The number of amides is 1. The molecule has 0 fully saturated rings. The maximum atomic E-state index is 13.7. The number of carbonyl (C=O) groups is 1. The third-order valence-electron chi connectivity index (χ3n) is 3.35. The van der Waals surface area contributed by atoms with E-state index in [1.807, 2.05) is 0 Å². The van der Waals surface area contributed by atoms with Crippen LogP contribution in [0.2, 0.25) is 5.02 Å². The van der Waals surface area contributed by atoms with Gasteiger partial charge in [0.1, 0.15) is 11.4 Å². The molecule has 0 saturated carbocycles. The summed E-state index contributed by atoms with van der Waals surface area (Å²) in [5.41, 5.74) is -1.40. The number of halogens is 4. The fourth-order valence-electron chi connectivity index (χ4n) is 2.20. The summed E-state index contributed by atoms with van der Waals surface area (Å²) in [6, 6.07) is 5.33. The van der Waals surface area contributed by atoms with Crippen molar-refractivity contribution in [3.8, 4) is 0 Å². The van der Waals surface area contributed by atoms with E-state index in [4.69, 9.17) is 11.6 Å². The van der Waals surface area contributed by atoms with E-state index >= 15 is 0 Å². The van der Waals surface area contributed by atoms with Crippen molar-refractivity contribution in [1.29, 1.82) is 0 Å². The zero-order valence-corrected chi connectivity index (χ0v) is 12.5. The Morgan fingerprint density at radius 2 is 1.75 bits per heavy atom. The SMILES string of the molecule is O=C(Nc1cc2cc(=O)[nH]cc2cc1Cl)c1c(F)ccc(F)c1F. The van der Waals surface area contributed by atoms with Gasteiger partial charge in [-0.05, 0) is 35.0 Å². The van der Waals surface area contributed by atoms with Crippen LogP contribution in [0, 0.1) is 17.5 Å². The molecule has 0 saturated heterocycles. The minimum Gasteiger partial charge on any atom is -0.328 e. The van der Waals surface area contributed by atoms with Gasteiger partial charge >= 0.3 is 0 Å². The topological polar surface area (TPSA) is 62.0 Å². The number of benzene rings is 2. The predicted molar refractivity (Wildman–Crippen MR) is 83.8 cm³/mol. The molecular formula is C16H8ClF3N2O2. The molecule has 2 aromatic carbocycles. The molecule has 1 aromatic heterocycles. The van der Waals surface area contributed by atoms with Crippen LogP contribution in [0.1, 0.15) is 10.4 Å². The van der Waals surface area contributed by atoms with Gasteiger partial charge in [0, 0.05) is 12.3 Å². The van der Waals surface area contributed by atoms with Crippen molar-refractivity contribution in [3.05, 3.63) is 74.9 Å². The van der Waals surface area contributed by atoms with Crippen LogP contribution >= 0.6 is 11.6 Å². The minimum atomic E-state index is -1.60. The van der Waals surface area contributed by atoms with E-state index in [9.17, 15) is 22.8 Å². The van der Waals surface area contributed by atoms with Gasteiger partial charge in [-0.15, -0.1) is 0 Å². The van der Waals surface area contributed by atoms with Gasteiger partial charge < -0.3 is 10.3 Å². The third-order valence-corrected chi connectivity index (χ3v) is 3.66. The number of hydrogen-bond donors (Lipinski definition) is 2. The Morgan fingerprint density at radius 1 is 1.04 bits per heavy atom. The molecule has 0 bridgehead atoms. The molecule has 122 valence electrons. The summed E-state index contributed by atoms with van der Waals surface area (Å²) in [7, 11) is 0. The van der Waals surface area contributed by atoms with Crippen LogP contribution in [0.3, 0.4) is 0 Å². The van der Waals surface area contributed by atoms with Crippen LogP contribution in [0.25, 0.3) is 10.8 Å². The molecule has 3 aromatic rings. The Morgan fingerprint density at radius 3 is 2.50 bits per heavy atom. The Labute approximate surface area is 137 Å². The van der Waals surface area contributed by atoms with Gasteiger partial charge in [0.05, 0.1) is 10.7 Å². The number of fused-ring (bicyclic) bond motifs is 1. The molecule has 3 rings (SSSR count). The number of rotatable bonds is 2. The van der Waals surface area contributed by atoms with Crippen LogP contribution in [-0.4, -0.2) is 10.9 Å². The first kappa shape index (κ1) is 16.1. The molecule has 0 radical (unpaired) electrons. The zero-order valence-electron chi connectivity index (χ0n) is 11.8. The standard InChI is InChI=1S/C16H8ClF3N2O2/c17-9-3-8-6-21-13(23)5-7(8)4-12(9)22-16(24)14-10(18)1-2-11(19)15(14)20/h1-6H,(H,21,23)(H,22,24). The first-order valence-electron chi connectivity index (χ1n) is 6.63. The van der Waals surface area contributed by atoms with Gasteiger partial charge in [-0.25, -0.2) is 13.2 Å². The van der Waals surface area contributed by atoms with Crippen LogP contribution < -0.4 is 10.9 Å². The molecule has 24 heavy (non-hydrogen) atoms. The van der Waals surface area contributed by atoms with Crippen molar-refractivity contribution in [2.45, 2.75) is 0 Å². The lowest BCUT2D eigenvalue weighted by atomic mass is 10.1. The molecule has 0 aliphatic rings. The van der Waals surface area contributed by atoms with E-state index in [1.54, 1.807) is 0 Å². The smallest absolute Gasteiger partial charge is 0.261 e. The van der Waals surface area contributed by atoms with Crippen molar-refractivity contribution in [2.75, 3.05) is 5.32 Å². The molecule has 1 amide bonds. The zero-order chi connectivity index (χ0) is 17.4. The minimum absolute atomic E-state index is 0.0304. The summed E-state index contributed by atoms with van der Waals surface area (Å²) in [6.45, 7) is 0. The summed E-state index contributed by atoms with van der Waals surface area (Å²) < 4.78 is 40.5. The lowest BCUT2D eigenvalue weighted by molar-refractivity contribution is 0.101. The van der Waals surface area contributed by atoms with E-state index in [0.717, 1.165) is 0 Å². The predicted octanol–water partition coefficient (Wildman–Crippen LogP) is 3.85. The number of pyridine rings is 1. The number of aromatic nitrogens is 1. The summed E-state index contributed by atoms with van der Waals surface area (Å²) in [6.07, 6.45) is 1.43. The van der Waals surface area contributed by atoms with Crippen molar-refractivity contribution in [2.24, 2.45) is 0 Å². The van der Waals surface area contributed by atoms with E-state index in [0.29, 0.717) is 22.9 Å². The van der Waals surface area contributed by atoms with Crippen molar-refractivity contribution < 1.29 is 18.0 Å². The summed E-state index contributed by atoms with van der Waals surface area (Å²) >= 11 is 6.02. The summed E-state index contributed by atoms with van der Waals surface area (Å²) in [4.78, 5) is 25.9. The highest BCUT2D eigenvalue weighted by atomic mass is 35.5. The lowest BCUT2D eigenvalue weighted by Crippen LogP contribution is -2.17. The summed E-state index contributed by atoms with van der Waals surface area (Å²) in [5, 5.41) is 3.36. The second kappa shape index (κ2) is 6.01. The second-order valence-corrected chi connectivity index (χ2v) is 5.34. The lowest BCUT2D eigenvalue weighted by Gasteiger charge is -2.10. The average Bonchev–Trinajstić information content (AvgIpc) is 2.52. The molecule has 0 spiro atoms. The van der Waals surface area contributed by atoms with E-state index in [-0.39, 0.29) is 16.3 Å². The highest BCUT2D eigenvalue weighted by Gasteiger charge is 2.21. The van der Waals surface area contributed by atoms with E-state index < -0.39 is 28.9 Å². The summed E-state index contributed by atoms with van der Waals surface area (Å²) in [5.74, 6) is -5.35. The highest BCUT2D eigenvalue weighted by molar-refractivity contribution is 6.34. The van der Waals surface area contributed by atoms with Gasteiger partial charge in [-0.3, -0.25) is 9.59 Å². The largest absolute Gasteiger partial charge is 0.328 e. The van der Waals surface area contributed by atoms with E-state index in [1.165, 1.54) is 24.4 Å². The molecule has 0 unspecified atom stereocenters. The molecule has 0 atom stereocenters. The highest BCUT2D eigenvalue weighted by Crippen LogP contribution is 2.28. The average molecular weight is 353 g/mol. The van der Waals surface area contributed by atoms with Gasteiger partial charge in [0.25, 0.3) is 5.91 Å². The molecule has 2 N–H and O–H groups in total. The number of nitrogens with one attached hydrogen (secondary N) is 2. The van der Waals surface area contributed by atoms with Crippen molar-refractivity contribution in [3.63, 3.8) is 0 Å². The van der Waals surface area contributed by atoms with Crippen LogP contribution in [0.4, 0.5) is 18.9 Å². The van der Waals surface area contributed by atoms with Crippen LogP contribution in [-0.2, 0) is 0 Å². The van der Waals surface area contributed by atoms with Crippen molar-refractivity contribution >= 4 is 34.0 Å². The maximum absolute atomic E-state index is 13.7. The molecular weight excluding hydrogens is 345 g/mol. The third kappa shape index (κ3) is 2.85.